The lowest BCUT2D eigenvalue weighted by molar-refractivity contribution is 0.427. The van der Waals surface area contributed by atoms with Crippen molar-refractivity contribution in [3.63, 3.8) is 0 Å². The Bertz CT molecular complexity index is 627. The molecule has 0 aliphatic heterocycles. The molecule has 3 N–H and O–H groups in total. The molecule has 1 unspecified atom stereocenters. The van der Waals surface area contributed by atoms with Crippen molar-refractivity contribution >= 4 is 11.0 Å². The van der Waals surface area contributed by atoms with Crippen LogP contribution in [0.4, 0.5) is 0 Å². The fourth-order valence-electron chi connectivity index (χ4n) is 2.99. The molecule has 1 atom stereocenters. The van der Waals surface area contributed by atoms with Crippen molar-refractivity contribution in [1.29, 1.82) is 0 Å². The van der Waals surface area contributed by atoms with Crippen LogP contribution in [-0.2, 0) is 0 Å². The van der Waals surface area contributed by atoms with Gasteiger partial charge in [-0.25, -0.2) is 5.43 Å². The minimum Gasteiger partial charge on any atom is -0.459 e. The summed E-state index contributed by atoms with van der Waals surface area (Å²) in [5, 5.41) is 1.15. The molecule has 0 fully saturated rings. The second-order valence-electron chi connectivity index (χ2n) is 5.67. The summed E-state index contributed by atoms with van der Waals surface area (Å²) in [4.78, 5) is 0. The molecule has 1 aliphatic carbocycles. The summed E-state index contributed by atoms with van der Waals surface area (Å²) in [5.74, 6) is 6.68. The smallest absolute Gasteiger partial charge is 0.137 e. The van der Waals surface area contributed by atoms with Gasteiger partial charge >= 0.3 is 0 Å². The van der Waals surface area contributed by atoms with Gasteiger partial charge in [-0.15, -0.1) is 0 Å². The average molecular weight is 270 g/mol. The van der Waals surface area contributed by atoms with Gasteiger partial charge in [-0.2, -0.15) is 0 Å². The van der Waals surface area contributed by atoms with E-state index in [1.165, 1.54) is 36.8 Å². The molecule has 0 saturated carbocycles. The van der Waals surface area contributed by atoms with Gasteiger partial charge < -0.3 is 4.42 Å². The summed E-state index contributed by atoms with van der Waals surface area (Å²) < 4.78 is 6.02. The first-order valence-electron chi connectivity index (χ1n) is 7.41. The number of para-hydroxylation sites is 1. The number of aryl methyl sites for hydroxylation is 1. The van der Waals surface area contributed by atoms with Crippen molar-refractivity contribution in [2.75, 3.05) is 0 Å². The lowest BCUT2D eigenvalue weighted by atomic mass is 9.93. The standard InChI is InChI=1S/C17H22N2O/c1-12-6-5-9-14-11-16(20-17(12)14)15(19-18)10-13-7-3-2-4-8-13/h5-7,9,11,15,19H,2-4,8,10,18H2,1H3. The minimum absolute atomic E-state index is 0.0612. The minimum atomic E-state index is 0.0612. The average Bonchev–Trinajstić information content (AvgIpc) is 2.91. The summed E-state index contributed by atoms with van der Waals surface area (Å²) in [7, 11) is 0. The van der Waals surface area contributed by atoms with E-state index in [1.54, 1.807) is 0 Å². The van der Waals surface area contributed by atoms with Gasteiger partial charge in [-0.05, 0) is 50.7 Å². The van der Waals surface area contributed by atoms with E-state index in [0.29, 0.717) is 0 Å². The van der Waals surface area contributed by atoms with E-state index in [0.717, 1.165) is 23.2 Å². The fraction of sp³-hybridized carbons (Fsp3) is 0.412. The van der Waals surface area contributed by atoms with E-state index in [1.807, 2.05) is 0 Å². The quantitative estimate of drug-likeness (QED) is 0.499. The molecule has 1 aliphatic rings. The van der Waals surface area contributed by atoms with Gasteiger partial charge in [-0.3, -0.25) is 5.84 Å². The number of rotatable bonds is 4. The molecule has 0 spiro atoms. The van der Waals surface area contributed by atoms with Gasteiger partial charge in [0.1, 0.15) is 11.3 Å². The van der Waals surface area contributed by atoms with Gasteiger partial charge in [0.25, 0.3) is 0 Å². The zero-order valence-electron chi connectivity index (χ0n) is 12.0. The second-order valence-corrected chi connectivity index (χ2v) is 5.67. The Balaban J connectivity index is 1.87. The molecule has 1 heterocycles. The van der Waals surface area contributed by atoms with Gasteiger partial charge in [0.05, 0.1) is 6.04 Å². The van der Waals surface area contributed by atoms with Crippen LogP contribution in [0.25, 0.3) is 11.0 Å². The topological polar surface area (TPSA) is 51.2 Å². The maximum atomic E-state index is 6.02. The predicted octanol–water partition coefficient (Wildman–Crippen LogP) is 4.14. The van der Waals surface area contributed by atoms with E-state index in [-0.39, 0.29) is 6.04 Å². The van der Waals surface area contributed by atoms with Gasteiger partial charge in [-0.1, -0.05) is 29.8 Å². The number of furan rings is 1. The maximum absolute atomic E-state index is 6.02. The molecule has 3 heteroatoms. The third-order valence-electron chi connectivity index (χ3n) is 4.16. The highest BCUT2D eigenvalue weighted by atomic mass is 16.3. The summed E-state index contributed by atoms with van der Waals surface area (Å²) in [5.41, 5.74) is 6.55. The lowest BCUT2D eigenvalue weighted by Gasteiger charge is -2.18. The van der Waals surface area contributed by atoms with Crippen LogP contribution in [0.5, 0.6) is 0 Å². The number of fused-ring (bicyclic) bond motifs is 1. The largest absolute Gasteiger partial charge is 0.459 e. The molecular weight excluding hydrogens is 248 g/mol. The van der Waals surface area contributed by atoms with Gasteiger partial charge in [0.15, 0.2) is 0 Å². The summed E-state index contributed by atoms with van der Waals surface area (Å²) in [6.45, 7) is 2.07. The Labute approximate surface area is 119 Å². The Kier molecular flexibility index (Phi) is 3.90. The normalized spacial score (nSPS) is 17.2. The van der Waals surface area contributed by atoms with Crippen LogP contribution in [0, 0.1) is 6.92 Å². The molecule has 0 radical (unpaired) electrons. The molecule has 1 aromatic heterocycles. The van der Waals surface area contributed by atoms with Crippen LogP contribution in [0.15, 0.2) is 40.3 Å². The molecule has 0 bridgehead atoms. The predicted molar refractivity (Wildman–Crippen MR) is 82.2 cm³/mol. The van der Waals surface area contributed by atoms with Gasteiger partial charge in [0.2, 0.25) is 0 Å². The Hall–Kier alpha value is -1.58. The molecule has 106 valence electrons. The first kappa shape index (κ1) is 13.4. The van der Waals surface area contributed by atoms with E-state index in [4.69, 9.17) is 10.3 Å². The molecule has 20 heavy (non-hydrogen) atoms. The highest BCUT2D eigenvalue weighted by molar-refractivity contribution is 5.81. The Morgan fingerprint density at radius 3 is 2.95 bits per heavy atom. The van der Waals surface area contributed by atoms with Crippen LogP contribution in [0.3, 0.4) is 0 Å². The summed E-state index contributed by atoms with van der Waals surface area (Å²) >= 11 is 0. The highest BCUT2D eigenvalue weighted by Gasteiger charge is 2.18. The zero-order chi connectivity index (χ0) is 13.9. The summed E-state index contributed by atoms with van der Waals surface area (Å²) in [6, 6.07) is 8.39. The Morgan fingerprint density at radius 2 is 2.25 bits per heavy atom. The number of nitrogens with two attached hydrogens (primary N) is 1. The van der Waals surface area contributed by atoms with Crippen LogP contribution < -0.4 is 11.3 Å². The second kappa shape index (κ2) is 5.81. The Morgan fingerprint density at radius 1 is 1.35 bits per heavy atom. The van der Waals surface area contributed by atoms with Crippen molar-refractivity contribution in [1.82, 2.24) is 5.43 Å². The maximum Gasteiger partial charge on any atom is 0.137 e. The fourth-order valence-corrected chi connectivity index (χ4v) is 2.99. The molecule has 1 aromatic carbocycles. The van der Waals surface area contributed by atoms with Crippen molar-refractivity contribution in [3.8, 4) is 0 Å². The van der Waals surface area contributed by atoms with E-state index in [9.17, 15) is 0 Å². The molecule has 3 nitrogen and oxygen atoms in total. The third-order valence-corrected chi connectivity index (χ3v) is 4.16. The number of hydrazine groups is 1. The molecule has 0 amide bonds. The van der Waals surface area contributed by atoms with E-state index in [2.05, 4.69) is 42.7 Å². The number of hydrogen-bond acceptors (Lipinski definition) is 3. The van der Waals surface area contributed by atoms with Crippen LogP contribution in [0.2, 0.25) is 0 Å². The van der Waals surface area contributed by atoms with Crippen LogP contribution in [-0.4, -0.2) is 0 Å². The van der Waals surface area contributed by atoms with Gasteiger partial charge in [0, 0.05) is 5.39 Å². The number of hydrogen-bond donors (Lipinski definition) is 2. The van der Waals surface area contributed by atoms with E-state index < -0.39 is 0 Å². The molecule has 3 rings (SSSR count). The lowest BCUT2D eigenvalue weighted by Crippen LogP contribution is -2.28. The first-order chi connectivity index (χ1) is 9.78. The molecule has 0 saturated heterocycles. The first-order valence-corrected chi connectivity index (χ1v) is 7.41. The van der Waals surface area contributed by atoms with Crippen LogP contribution in [0.1, 0.15) is 49.5 Å². The van der Waals surface area contributed by atoms with Crippen molar-refractivity contribution < 1.29 is 4.42 Å². The highest BCUT2D eigenvalue weighted by Crippen LogP contribution is 2.31. The van der Waals surface area contributed by atoms with Crippen molar-refractivity contribution in [2.24, 2.45) is 5.84 Å². The molecule has 2 aromatic rings. The zero-order valence-corrected chi connectivity index (χ0v) is 12.0. The number of nitrogens with one attached hydrogen (secondary N) is 1. The molecular formula is C17H22N2O. The van der Waals surface area contributed by atoms with E-state index >= 15 is 0 Å². The van der Waals surface area contributed by atoms with Crippen molar-refractivity contribution in [3.05, 3.63) is 47.2 Å². The SMILES string of the molecule is Cc1cccc2cc(C(CC3=CCCCC3)NN)oc12. The monoisotopic (exact) mass is 270 g/mol. The van der Waals surface area contributed by atoms with Crippen molar-refractivity contribution in [2.45, 2.75) is 45.1 Å². The van der Waals surface area contributed by atoms with Crippen LogP contribution >= 0.6 is 0 Å². The number of allylic oxidation sites excluding steroid dienone is 1. The third kappa shape index (κ3) is 2.65. The summed E-state index contributed by atoms with van der Waals surface area (Å²) in [6.07, 6.45) is 8.30. The number of benzene rings is 1.